The molecule has 0 aliphatic heterocycles. The van der Waals surface area contributed by atoms with Gasteiger partial charge in [-0.25, -0.2) is 0 Å². The molecule has 1 aromatic carbocycles. The molecule has 1 rings (SSSR count). The van der Waals surface area contributed by atoms with E-state index in [0.717, 1.165) is 25.3 Å². The number of benzene rings is 1. The zero-order valence-corrected chi connectivity index (χ0v) is 11.8. The van der Waals surface area contributed by atoms with Crippen LogP contribution in [0.3, 0.4) is 0 Å². The number of aryl methyl sites for hydroxylation is 1. The smallest absolute Gasteiger partial charge is 0.0178 e. The Labute approximate surface area is 106 Å². The maximum absolute atomic E-state index is 4.23. The van der Waals surface area contributed by atoms with Crippen molar-refractivity contribution in [2.45, 2.75) is 13.3 Å². The molecule has 3 heteroatoms. The van der Waals surface area contributed by atoms with Gasteiger partial charge in [-0.05, 0) is 43.7 Å². The van der Waals surface area contributed by atoms with Crippen LogP contribution in [0.25, 0.3) is 0 Å². The van der Waals surface area contributed by atoms with Gasteiger partial charge in [0.1, 0.15) is 0 Å². The minimum Gasteiger partial charge on any atom is -0.305 e. The first kappa shape index (κ1) is 13.1. The molecule has 0 unspecified atom stereocenters. The third kappa shape index (κ3) is 4.58. The molecule has 0 aliphatic rings. The molecule has 1 aromatic rings. The Hall–Kier alpha value is 0.01000. The number of hydrogen-bond donors (Lipinski definition) is 1. The van der Waals surface area contributed by atoms with Gasteiger partial charge in [0.15, 0.2) is 0 Å². The van der Waals surface area contributed by atoms with Gasteiger partial charge in [-0.1, -0.05) is 22.0 Å². The van der Waals surface area contributed by atoms with Crippen LogP contribution >= 0.6 is 28.6 Å². The van der Waals surface area contributed by atoms with Gasteiger partial charge >= 0.3 is 0 Å². The fourth-order valence-electron chi connectivity index (χ4n) is 1.50. The zero-order chi connectivity index (χ0) is 11.3. The minimum atomic E-state index is 0.925. The van der Waals surface area contributed by atoms with Gasteiger partial charge < -0.3 is 4.90 Å². The molecule has 1 nitrogen and oxygen atoms in total. The second-order valence-electron chi connectivity index (χ2n) is 3.85. The van der Waals surface area contributed by atoms with Crippen LogP contribution < -0.4 is 0 Å². The summed E-state index contributed by atoms with van der Waals surface area (Å²) in [5.74, 6) is 0.925. The van der Waals surface area contributed by atoms with Crippen LogP contribution in [0.15, 0.2) is 22.7 Å². The standard InChI is InChI=1S/C12H18BrNS/c1-10-3-4-12(13)9-11(10)5-6-14(2)7-8-15/h3-4,9,15H,5-8H2,1-2H3. The molecule has 0 amide bonds. The summed E-state index contributed by atoms with van der Waals surface area (Å²) in [5, 5.41) is 0. The fraction of sp³-hybridized carbons (Fsp3) is 0.500. The molecular formula is C12H18BrNS. The van der Waals surface area contributed by atoms with E-state index in [1.165, 1.54) is 15.6 Å². The highest BCUT2D eigenvalue weighted by Crippen LogP contribution is 2.16. The van der Waals surface area contributed by atoms with E-state index in [1.807, 2.05) is 0 Å². The van der Waals surface area contributed by atoms with Crippen LogP contribution in [0.1, 0.15) is 11.1 Å². The van der Waals surface area contributed by atoms with Crippen molar-refractivity contribution in [1.29, 1.82) is 0 Å². The minimum absolute atomic E-state index is 0.925. The maximum atomic E-state index is 4.23. The Morgan fingerprint density at radius 1 is 1.33 bits per heavy atom. The summed E-state index contributed by atoms with van der Waals surface area (Å²) in [6, 6.07) is 6.47. The summed E-state index contributed by atoms with van der Waals surface area (Å²) >= 11 is 7.74. The van der Waals surface area contributed by atoms with Crippen molar-refractivity contribution in [3.05, 3.63) is 33.8 Å². The van der Waals surface area contributed by atoms with E-state index in [2.05, 4.69) is 65.6 Å². The number of hydrogen-bond acceptors (Lipinski definition) is 2. The van der Waals surface area contributed by atoms with Crippen LogP contribution in [0.2, 0.25) is 0 Å². The topological polar surface area (TPSA) is 3.24 Å². The lowest BCUT2D eigenvalue weighted by Crippen LogP contribution is -2.23. The first-order chi connectivity index (χ1) is 7.13. The maximum Gasteiger partial charge on any atom is 0.0178 e. The summed E-state index contributed by atoms with van der Waals surface area (Å²) in [7, 11) is 2.14. The first-order valence-corrected chi connectivity index (χ1v) is 6.60. The third-order valence-corrected chi connectivity index (χ3v) is 3.25. The van der Waals surface area contributed by atoms with Crippen molar-refractivity contribution in [1.82, 2.24) is 4.90 Å². The average molecular weight is 288 g/mol. The zero-order valence-electron chi connectivity index (χ0n) is 9.33. The summed E-state index contributed by atoms with van der Waals surface area (Å²) in [6.45, 7) is 4.31. The van der Waals surface area contributed by atoms with E-state index < -0.39 is 0 Å². The van der Waals surface area contributed by atoms with Gasteiger partial charge in [-0.3, -0.25) is 0 Å². The summed E-state index contributed by atoms with van der Waals surface area (Å²) in [5.41, 5.74) is 2.80. The quantitative estimate of drug-likeness (QED) is 0.815. The predicted molar refractivity (Wildman–Crippen MR) is 73.9 cm³/mol. The summed E-state index contributed by atoms with van der Waals surface area (Å²) in [6.07, 6.45) is 1.11. The normalized spacial score (nSPS) is 11.0. The molecule has 0 N–H and O–H groups in total. The van der Waals surface area contributed by atoms with Crippen LogP contribution in [-0.4, -0.2) is 30.8 Å². The van der Waals surface area contributed by atoms with Gasteiger partial charge in [-0.2, -0.15) is 12.6 Å². The average Bonchev–Trinajstić information content (AvgIpc) is 2.20. The molecule has 0 atom stereocenters. The summed E-state index contributed by atoms with van der Waals surface area (Å²) in [4.78, 5) is 2.31. The highest BCUT2D eigenvalue weighted by atomic mass is 79.9. The molecule has 0 radical (unpaired) electrons. The number of likely N-dealkylation sites (N-methyl/N-ethyl adjacent to an activating group) is 1. The Kier molecular flexibility index (Phi) is 5.72. The first-order valence-electron chi connectivity index (χ1n) is 5.18. The van der Waals surface area contributed by atoms with Gasteiger partial charge in [0.05, 0.1) is 0 Å². The molecule has 0 saturated heterocycles. The number of nitrogens with zero attached hydrogens (tertiary/aromatic N) is 1. The lowest BCUT2D eigenvalue weighted by Gasteiger charge is -2.15. The molecule has 0 saturated carbocycles. The highest BCUT2D eigenvalue weighted by Gasteiger charge is 2.02. The predicted octanol–water partition coefficient (Wildman–Crippen LogP) is 3.16. The Morgan fingerprint density at radius 2 is 2.07 bits per heavy atom. The number of rotatable bonds is 5. The fourth-order valence-corrected chi connectivity index (χ4v) is 2.25. The van der Waals surface area contributed by atoms with Gasteiger partial charge in [-0.15, -0.1) is 0 Å². The third-order valence-electron chi connectivity index (χ3n) is 2.56. The SMILES string of the molecule is Cc1ccc(Br)cc1CCN(C)CCS. The van der Waals surface area contributed by atoms with Crippen molar-refractivity contribution in [3.8, 4) is 0 Å². The van der Waals surface area contributed by atoms with Crippen LogP contribution in [0.4, 0.5) is 0 Å². The largest absolute Gasteiger partial charge is 0.305 e. The van der Waals surface area contributed by atoms with Gasteiger partial charge in [0, 0.05) is 23.3 Å². The molecule has 0 heterocycles. The van der Waals surface area contributed by atoms with Crippen molar-refractivity contribution in [3.63, 3.8) is 0 Å². The molecular weight excluding hydrogens is 270 g/mol. The van der Waals surface area contributed by atoms with E-state index in [4.69, 9.17) is 0 Å². The summed E-state index contributed by atoms with van der Waals surface area (Å²) < 4.78 is 1.17. The number of thiol groups is 1. The van der Waals surface area contributed by atoms with Crippen LogP contribution in [-0.2, 0) is 6.42 Å². The van der Waals surface area contributed by atoms with E-state index in [1.54, 1.807) is 0 Å². The lowest BCUT2D eigenvalue weighted by atomic mass is 10.1. The second kappa shape index (κ2) is 6.56. The Morgan fingerprint density at radius 3 is 2.73 bits per heavy atom. The van der Waals surface area contributed by atoms with Crippen molar-refractivity contribution in [2.75, 3.05) is 25.9 Å². The van der Waals surface area contributed by atoms with Crippen molar-refractivity contribution >= 4 is 28.6 Å². The second-order valence-corrected chi connectivity index (χ2v) is 5.21. The van der Waals surface area contributed by atoms with Gasteiger partial charge in [0.2, 0.25) is 0 Å². The van der Waals surface area contributed by atoms with Crippen LogP contribution in [0.5, 0.6) is 0 Å². The molecule has 0 aliphatic carbocycles. The monoisotopic (exact) mass is 287 g/mol. The molecule has 0 spiro atoms. The van der Waals surface area contributed by atoms with Crippen LogP contribution in [0, 0.1) is 6.92 Å². The molecule has 0 bridgehead atoms. The van der Waals surface area contributed by atoms with E-state index in [-0.39, 0.29) is 0 Å². The molecule has 0 aromatic heterocycles. The van der Waals surface area contributed by atoms with E-state index in [0.29, 0.717) is 0 Å². The molecule has 84 valence electrons. The molecule has 0 fully saturated rings. The number of halogens is 1. The molecule has 15 heavy (non-hydrogen) atoms. The van der Waals surface area contributed by atoms with Crippen molar-refractivity contribution < 1.29 is 0 Å². The van der Waals surface area contributed by atoms with Crippen molar-refractivity contribution in [2.24, 2.45) is 0 Å². The Bertz CT molecular complexity index is 314. The highest BCUT2D eigenvalue weighted by molar-refractivity contribution is 9.10. The Balaban J connectivity index is 2.53. The van der Waals surface area contributed by atoms with Gasteiger partial charge in [0.25, 0.3) is 0 Å². The van der Waals surface area contributed by atoms with E-state index >= 15 is 0 Å². The lowest BCUT2D eigenvalue weighted by molar-refractivity contribution is 0.360. The van der Waals surface area contributed by atoms with E-state index in [9.17, 15) is 0 Å².